The molecule has 0 radical (unpaired) electrons. The topological polar surface area (TPSA) is 72.7 Å². The van der Waals surface area contributed by atoms with E-state index in [1.54, 1.807) is 17.7 Å². The highest BCUT2D eigenvalue weighted by Gasteiger charge is 2.20. The highest BCUT2D eigenvalue weighted by molar-refractivity contribution is 9.10. The largest absolute Gasteiger partial charge is 0.323 e. The predicted molar refractivity (Wildman–Crippen MR) is 102 cm³/mol. The number of aromatic nitrogens is 4. The SMILES string of the molecule is Cc1ccc(-n2nnnc2SC(C)C(=O)Nc2ccc(Br)cc2F)cc1. The van der Waals surface area contributed by atoms with Crippen LogP contribution in [0.25, 0.3) is 5.69 Å². The van der Waals surface area contributed by atoms with Gasteiger partial charge in [0.05, 0.1) is 16.6 Å². The molecular weight excluding hydrogens is 421 g/mol. The molecule has 0 aliphatic heterocycles. The molecule has 1 atom stereocenters. The summed E-state index contributed by atoms with van der Waals surface area (Å²) in [7, 11) is 0. The quantitative estimate of drug-likeness (QED) is 0.613. The third-order valence-corrected chi connectivity index (χ3v) is 5.09. The molecular formula is C17H15BrFN5OS. The molecule has 0 aliphatic rings. The van der Waals surface area contributed by atoms with Crippen molar-refractivity contribution in [1.82, 2.24) is 20.2 Å². The fourth-order valence-electron chi connectivity index (χ4n) is 2.14. The van der Waals surface area contributed by atoms with Gasteiger partial charge in [-0.2, -0.15) is 4.68 Å². The Morgan fingerprint density at radius 3 is 2.69 bits per heavy atom. The van der Waals surface area contributed by atoms with Gasteiger partial charge in [-0.25, -0.2) is 4.39 Å². The monoisotopic (exact) mass is 435 g/mol. The van der Waals surface area contributed by atoms with Gasteiger partial charge >= 0.3 is 0 Å². The number of nitrogens with one attached hydrogen (secondary N) is 1. The van der Waals surface area contributed by atoms with Gasteiger partial charge in [0.15, 0.2) is 0 Å². The van der Waals surface area contributed by atoms with Gasteiger partial charge in [-0.05, 0) is 54.6 Å². The lowest BCUT2D eigenvalue weighted by Gasteiger charge is -2.12. The first-order valence-corrected chi connectivity index (χ1v) is 9.39. The minimum Gasteiger partial charge on any atom is -0.323 e. The third-order valence-electron chi connectivity index (χ3n) is 3.56. The average Bonchev–Trinajstić information content (AvgIpc) is 3.06. The Bertz CT molecular complexity index is 931. The van der Waals surface area contributed by atoms with E-state index in [-0.39, 0.29) is 11.6 Å². The highest BCUT2D eigenvalue weighted by atomic mass is 79.9. The van der Waals surface area contributed by atoms with Crippen molar-refractivity contribution in [2.45, 2.75) is 24.3 Å². The van der Waals surface area contributed by atoms with E-state index in [2.05, 4.69) is 36.8 Å². The van der Waals surface area contributed by atoms with E-state index in [0.717, 1.165) is 11.3 Å². The number of benzene rings is 2. The summed E-state index contributed by atoms with van der Waals surface area (Å²) in [5, 5.41) is 14.2. The van der Waals surface area contributed by atoms with E-state index in [1.807, 2.05) is 31.2 Å². The van der Waals surface area contributed by atoms with Crippen molar-refractivity contribution in [1.29, 1.82) is 0 Å². The minimum atomic E-state index is -0.520. The molecule has 134 valence electrons. The van der Waals surface area contributed by atoms with Gasteiger partial charge in [-0.3, -0.25) is 4.79 Å². The van der Waals surface area contributed by atoms with Gasteiger partial charge in [0, 0.05) is 4.47 Å². The predicted octanol–water partition coefficient (Wildman–Crippen LogP) is 3.99. The molecule has 1 amide bonds. The molecule has 6 nitrogen and oxygen atoms in total. The van der Waals surface area contributed by atoms with E-state index in [1.165, 1.54) is 23.9 Å². The number of thioether (sulfide) groups is 1. The van der Waals surface area contributed by atoms with Crippen LogP contribution in [0, 0.1) is 12.7 Å². The second kappa shape index (κ2) is 7.96. The number of amides is 1. The normalized spacial score (nSPS) is 12.0. The van der Waals surface area contributed by atoms with Gasteiger partial charge in [-0.15, -0.1) is 5.10 Å². The van der Waals surface area contributed by atoms with Crippen molar-refractivity contribution in [3.05, 3.63) is 58.3 Å². The van der Waals surface area contributed by atoms with Crippen LogP contribution in [-0.4, -0.2) is 31.4 Å². The summed E-state index contributed by atoms with van der Waals surface area (Å²) in [5.41, 5.74) is 2.05. The number of anilines is 1. The van der Waals surface area contributed by atoms with Crippen LogP contribution in [-0.2, 0) is 4.79 Å². The standard InChI is InChI=1S/C17H15BrFN5OS/c1-10-3-6-13(7-4-10)24-17(21-22-23-24)26-11(2)16(25)20-15-8-5-12(18)9-14(15)19/h3-9,11H,1-2H3,(H,20,25). The lowest BCUT2D eigenvalue weighted by Crippen LogP contribution is -2.23. The zero-order valence-electron chi connectivity index (χ0n) is 14.0. The Balaban J connectivity index is 1.72. The Labute approximate surface area is 162 Å². The van der Waals surface area contributed by atoms with Crippen molar-refractivity contribution in [2.75, 3.05) is 5.32 Å². The number of tetrazole rings is 1. The Hall–Kier alpha value is -2.26. The number of hydrogen-bond acceptors (Lipinski definition) is 5. The number of carbonyl (C=O) groups is 1. The third kappa shape index (κ3) is 4.28. The molecule has 2 aromatic carbocycles. The number of halogens is 2. The molecule has 1 unspecified atom stereocenters. The van der Waals surface area contributed by atoms with Crippen LogP contribution >= 0.6 is 27.7 Å². The van der Waals surface area contributed by atoms with E-state index in [9.17, 15) is 9.18 Å². The first kappa shape index (κ1) is 18.5. The van der Waals surface area contributed by atoms with Crippen molar-refractivity contribution in [2.24, 2.45) is 0 Å². The van der Waals surface area contributed by atoms with Crippen molar-refractivity contribution < 1.29 is 9.18 Å². The Morgan fingerprint density at radius 1 is 1.27 bits per heavy atom. The average molecular weight is 436 g/mol. The van der Waals surface area contributed by atoms with Crippen LogP contribution in [0.3, 0.4) is 0 Å². The summed E-state index contributed by atoms with van der Waals surface area (Å²) >= 11 is 4.38. The van der Waals surface area contributed by atoms with Gasteiger partial charge in [0.2, 0.25) is 11.1 Å². The van der Waals surface area contributed by atoms with Crippen molar-refractivity contribution >= 4 is 39.3 Å². The molecule has 0 saturated carbocycles. The van der Waals surface area contributed by atoms with Crippen LogP contribution in [0.15, 0.2) is 52.1 Å². The highest BCUT2D eigenvalue weighted by Crippen LogP contribution is 2.25. The van der Waals surface area contributed by atoms with Crippen LogP contribution in [0.2, 0.25) is 0 Å². The number of nitrogens with zero attached hydrogens (tertiary/aromatic N) is 4. The number of rotatable bonds is 5. The van der Waals surface area contributed by atoms with Gasteiger partial charge in [0.25, 0.3) is 0 Å². The van der Waals surface area contributed by atoms with Crippen molar-refractivity contribution in [3.63, 3.8) is 0 Å². The molecule has 1 N–H and O–H groups in total. The summed E-state index contributed by atoms with van der Waals surface area (Å²) in [4.78, 5) is 12.4. The van der Waals surface area contributed by atoms with E-state index in [4.69, 9.17) is 0 Å². The summed E-state index contributed by atoms with van der Waals surface area (Å²) in [5.74, 6) is -0.843. The molecule has 0 spiro atoms. The first-order chi connectivity index (χ1) is 12.4. The lowest BCUT2D eigenvalue weighted by atomic mass is 10.2. The molecule has 1 aromatic heterocycles. The summed E-state index contributed by atoms with van der Waals surface area (Å²) in [6, 6.07) is 12.2. The van der Waals surface area contributed by atoms with Gasteiger partial charge in [-0.1, -0.05) is 45.4 Å². The molecule has 0 aliphatic carbocycles. The van der Waals surface area contributed by atoms with Gasteiger partial charge < -0.3 is 5.32 Å². The molecule has 1 heterocycles. The minimum absolute atomic E-state index is 0.128. The molecule has 0 fully saturated rings. The molecule has 3 rings (SSSR count). The number of carbonyl (C=O) groups excluding carboxylic acids is 1. The number of aryl methyl sites for hydroxylation is 1. The van der Waals surface area contributed by atoms with Crippen LogP contribution < -0.4 is 5.32 Å². The first-order valence-electron chi connectivity index (χ1n) is 7.72. The van der Waals surface area contributed by atoms with Crippen LogP contribution in [0.5, 0.6) is 0 Å². The van der Waals surface area contributed by atoms with Crippen LogP contribution in [0.4, 0.5) is 10.1 Å². The Morgan fingerprint density at radius 2 is 2.00 bits per heavy atom. The van der Waals surface area contributed by atoms with Crippen molar-refractivity contribution in [3.8, 4) is 5.69 Å². The van der Waals surface area contributed by atoms with Crippen LogP contribution in [0.1, 0.15) is 12.5 Å². The fraction of sp³-hybridized carbons (Fsp3) is 0.176. The molecule has 0 bridgehead atoms. The lowest BCUT2D eigenvalue weighted by molar-refractivity contribution is -0.115. The van der Waals surface area contributed by atoms with E-state index in [0.29, 0.717) is 9.63 Å². The fourth-order valence-corrected chi connectivity index (χ4v) is 3.28. The Kier molecular flexibility index (Phi) is 5.67. The molecule has 26 heavy (non-hydrogen) atoms. The molecule has 9 heteroatoms. The summed E-state index contributed by atoms with van der Waals surface area (Å²) in [6.07, 6.45) is 0. The maximum absolute atomic E-state index is 13.9. The molecule has 3 aromatic rings. The van der Waals surface area contributed by atoms with Gasteiger partial charge in [0.1, 0.15) is 5.82 Å². The molecule has 0 saturated heterocycles. The maximum Gasteiger partial charge on any atom is 0.237 e. The summed E-state index contributed by atoms with van der Waals surface area (Å²) in [6.45, 7) is 3.71. The zero-order chi connectivity index (χ0) is 18.7. The van der Waals surface area contributed by atoms with E-state index >= 15 is 0 Å². The zero-order valence-corrected chi connectivity index (χ0v) is 16.4. The number of hydrogen-bond donors (Lipinski definition) is 1. The second-order valence-corrected chi connectivity index (χ2v) is 7.81. The van der Waals surface area contributed by atoms with E-state index < -0.39 is 11.1 Å². The smallest absolute Gasteiger partial charge is 0.237 e. The summed E-state index contributed by atoms with van der Waals surface area (Å²) < 4.78 is 16.0. The second-order valence-electron chi connectivity index (χ2n) is 5.58. The maximum atomic E-state index is 13.9.